The summed E-state index contributed by atoms with van der Waals surface area (Å²) < 4.78 is 2.69. The molecule has 0 heterocycles. The summed E-state index contributed by atoms with van der Waals surface area (Å²) in [5.74, 6) is 0. The number of hydrogen-bond acceptors (Lipinski definition) is 0. The van der Waals surface area contributed by atoms with Crippen molar-refractivity contribution < 1.29 is 52.5 Å². The molecule has 0 saturated carbocycles. The Bertz CT molecular complexity index is 670. The molecule has 0 aromatic heterocycles. The molecule has 5 aliphatic carbocycles. The second-order valence-electron chi connectivity index (χ2n) is 8.14. The monoisotopic (exact) mass is 478 g/mol. The van der Waals surface area contributed by atoms with Gasteiger partial charge < -0.3 is 37.2 Å². The molecule has 0 aromatic carbocycles. The Morgan fingerprint density at radius 3 is 0.552 bits per heavy atom. The van der Waals surface area contributed by atoms with Crippen LogP contribution in [0.15, 0.2) is 122 Å². The van der Waals surface area contributed by atoms with Crippen LogP contribution in [0.5, 0.6) is 0 Å². The van der Waals surface area contributed by atoms with Gasteiger partial charge in [-0.25, -0.2) is 0 Å². The predicted molar refractivity (Wildman–Crippen MR) is 110 cm³/mol. The van der Waals surface area contributed by atoms with E-state index in [0.29, 0.717) is 21.1 Å². The van der Waals surface area contributed by atoms with E-state index in [1.165, 1.54) is 0 Å². The number of allylic oxidation sites excluding steroid dienone is 20. The summed E-state index contributed by atoms with van der Waals surface area (Å²) in [6.45, 7) is 0. The fourth-order valence-corrected chi connectivity index (χ4v) is 22.2. The van der Waals surface area contributed by atoms with Crippen LogP contribution in [0.3, 0.4) is 0 Å². The summed E-state index contributed by atoms with van der Waals surface area (Å²) >= 11 is -3.54. The Morgan fingerprint density at radius 2 is 0.414 bits per heavy atom. The number of hydrogen-bond donors (Lipinski definition) is 0. The summed E-state index contributed by atoms with van der Waals surface area (Å²) in [6.07, 6.45) is 47.9. The Labute approximate surface area is 194 Å². The zero-order valence-electron chi connectivity index (χ0n) is 16.1. The van der Waals surface area contributed by atoms with E-state index in [1.54, 1.807) is 0 Å². The van der Waals surface area contributed by atoms with Gasteiger partial charge in [0.15, 0.2) is 0 Å². The third kappa shape index (κ3) is 3.08. The van der Waals surface area contributed by atoms with Crippen LogP contribution in [-0.4, -0.2) is 0 Å². The van der Waals surface area contributed by atoms with Crippen molar-refractivity contribution in [3.05, 3.63) is 122 Å². The van der Waals surface area contributed by atoms with E-state index in [1.807, 2.05) is 0 Å². The average Bonchev–Trinajstić information content (AvgIpc) is 3.52. The normalized spacial score (nSPS) is 23.8. The molecule has 0 bridgehead atoms. The van der Waals surface area contributed by atoms with E-state index in [9.17, 15) is 0 Å². The minimum absolute atomic E-state index is 0. The third-order valence-electron chi connectivity index (χ3n) is 7.59. The second-order valence-corrected chi connectivity index (χ2v) is 18.6. The quantitative estimate of drug-likeness (QED) is 0.411. The van der Waals surface area contributed by atoms with Crippen LogP contribution < -0.4 is 37.2 Å². The standard InChI is InChI=1S/5C5H5.3ClH.Ti/c5*1-2-4-5-3-1;;;;/h5*1-5H;3*1H;/p-3. The Kier molecular flexibility index (Phi) is 7.88. The van der Waals surface area contributed by atoms with Crippen LogP contribution in [0.4, 0.5) is 0 Å². The van der Waals surface area contributed by atoms with Crippen molar-refractivity contribution >= 4 is 0 Å². The van der Waals surface area contributed by atoms with Crippen LogP contribution in [-0.2, 0) is 15.3 Å². The van der Waals surface area contributed by atoms with Gasteiger partial charge in [0.2, 0.25) is 0 Å². The van der Waals surface area contributed by atoms with E-state index in [2.05, 4.69) is 122 Å². The van der Waals surface area contributed by atoms with Crippen molar-refractivity contribution in [3.8, 4) is 0 Å². The maximum atomic E-state index is 2.51. The molecule has 0 nitrogen and oxygen atoms in total. The molecule has 0 atom stereocenters. The molecule has 0 N–H and O–H groups in total. The molecule has 0 aromatic rings. The minimum atomic E-state index is -3.54. The van der Waals surface area contributed by atoms with Crippen molar-refractivity contribution in [3.63, 3.8) is 0 Å². The fraction of sp³-hybridized carbons (Fsp3) is 0.200. The maximum absolute atomic E-state index is 3.54. The Balaban J connectivity index is 0.000001000. The van der Waals surface area contributed by atoms with E-state index in [4.69, 9.17) is 0 Å². The summed E-state index contributed by atoms with van der Waals surface area (Å²) in [5.41, 5.74) is 0. The number of halogens is 3. The molecule has 0 spiro atoms. The van der Waals surface area contributed by atoms with Crippen LogP contribution >= 0.6 is 0 Å². The molecular weight excluding hydrogens is 455 g/mol. The van der Waals surface area contributed by atoms with Gasteiger partial charge in [-0.05, 0) is 0 Å². The second kappa shape index (κ2) is 9.42. The smallest absolute Gasteiger partial charge is 1.00 e. The fourth-order valence-electron chi connectivity index (χ4n) is 6.60. The molecule has 0 saturated heterocycles. The molecule has 5 aliphatic rings. The van der Waals surface area contributed by atoms with Gasteiger partial charge in [-0.2, -0.15) is 0 Å². The molecule has 0 radical (unpaired) electrons. The first-order valence-electron chi connectivity index (χ1n) is 9.78. The van der Waals surface area contributed by atoms with Gasteiger partial charge in [-0.1, -0.05) is 0 Å². The number of rotatable bonds is 5. The third-order valence-corrected chi connectivity index (χ3v) is 22.6. The van der Waals surface area contributed by atoms with E-state index in [-0.39, 0.29) is 37.2 Å². The first kappa shape index (κ1) is 24.3. The average molecular weight is 480 g/mol. The maximum Gasteiger partial charge on any atom is -1.00 e. The van der Waals surface area contributed by atoms with Crippen LogP contribution in [0.25, 0.3) is 0 Å². The van der Waals surface area contributed by atoms with Gasteiger partial charge in [-0.3, -0.25) is 0 Å². The zero-order valence-corrected chi connectivity index (χ0v) is 19.9. The summed E-state index contributed by atoms with van der Waals surface area (Å²) in [7, 11) is 0. The molecular formula is C25H25Cl3Ti-3. The SMILES string of the molecule is C1=C[CH]([Ti]([CH]2C=CC=C2)([CH]2C=CC=C2)([CH]2C=CC=C2)[CH]2C=CC=C2)C=C1.[Cl-].[Cl-].[Cl-]. The Hall–Kier alpha value is -1.02. The molecule has 0 aliphatic heterocycles. The van der Waals surface area contributed by atoms with E-state index in [0.717, 1.165) is 0 Å². The topological polar surface area (TPSA) is 0 Å². The predicted octanol–water partition coefficient (Wildman–Crippen LogP) is -1.74. The summed E-state index contributed by atoms with van der Waals surface area (Å²) in [6, 6.07) is 0. The van der Waals surface area contributed by atoms with Crippen molar-refractivity contribution in [2.24, 2.45) is 0 Å². The first-order chi connectivity index (χ1) is 12.9. The molecule has 0 fully saturated rings. The zero-order chi connectivity index (χ0) is 17.5. The van der Waals surface area contributed by atoms with Gasteiger partial charge in [-0.15, -0.1) is 0 Å². The van der Waals surface area contributed by atoms with Crippen molar-refractivity contribution in [2.45, 2.75) is 21.1 Å². The molecule has 0 unspecified atom stereocenters. The first-order valence-corrected chi connectivity index (χ1v) is 14.3. The largest absolute Gasteiger partial charge is 1.00 e. The molecule has 29 heavy (non-hydrogen) atoms. The van der Waals surface area contributed by atoms with Gasteiger partial charge in [0, 0.05) is 0 Å². The van der Waals surface area contributed by atoms with E-state index < -0.39 is 15.3 Å². The molecule has 5 rings (SSSR count). The van der Waals surface area contributed by atoms with Gasteiger partial charge in [0.1, 0.15) is 0 Å². The van der Waals surface area contributed by atoms with Gasteiger partial charge in [0.05, 0.1) is 0 Å². The molecule has 153 valence electrons. The molecule has 4 heteroatoms. The van der Waals surface area contributed by atoms with Crippen LogP contribution in [0.2, 0.25) is 21.1 Å². The van der Waals surface area contributed by atoms with Crippen LogP contribution in [0, 0.1) is 0 Å². The van der Waals surface area contributed by atoms with Crippen LogP contribution in [0.1, 0.15) is 0 Å². The Morgan fingerprint density at radius 1 is 0.276 bits per heavy atom. The minimum Gasteiger partial charge on any atom is -1.00 e. The summed E-state index contributed by atoms with van der Waals surface area (Å²) in [4.78, 5) is 0. The van der Waals surface area contributed by atoms with E-state index >= 15 is 0 Å². The van der Waals surface area contributed by atoms with Gasteiger partial charge in [0.25, 0.3) is 0 Å². The van der Waals surface area contributed by atoms with Gasteiger partial charge >= 0.3 is 158 Å². The van der Waals surface area contributed by atoms with Crippen molar-refractivity contribution in [2.75, 3.05) is 0 Å². The van der Waals surface area contributed by atoms with Crippen molar-refractivity contribution in [1.82, 2.24) is 0 Å². The van der Waals surface area contributed by atoms with Crippen molar-refractivity contribution in [1.29, 1.82) is 0 Å². The molecule has 0 amide bonds. The summed E-state index contributed by atoms with van der Waals surface area (Å²) in [5, 5.41) is 0.